The number of likely N-dealkylation sites (tertiary alicyclic amines) is 1. The smallest absolute Gasteiger partial charge is 0.0345 e. The standard InChI is InChI=1S/C13H28N4/c1-15-6-4-5-12(10-15)14-9-13-11-16(2)7-8-17(13)3/h12-14H,4-11H2,1-3H3. The van der Waals surface area contributed by atoms with E-state index in [1.165, 1.54) is 45.6 Å². The van der Waals surface area contributed by atoms with Crippen LogP contribution in [0.15, 0.2) is 0 Å². The molecule has 2 rings (SSSR count). The van der Waals surface area contributed by atoms with E-state index in [0.717, 1.165) is 6.54 Å². The average Bonchev–Trinajstić information content (AvgIpc) is 2.30. The molecule has 0 saturated carbocycles. The number of likely N-dealkylation sites (N-methyl/N-ethyl adjacent to an activating group) is 3. The summed E-state index contributed by atoms with van der Waals surface area (Å²) >= 11 is 0. The van der Waals surface area contributed by atoms with E-state index in [1.54, 1.807) is 0 Å². The molecule has 0 radical (unpaired) electrons. The van der Waals surface area contributed by atoms with Crippen molar-refractivity contribution in [2.75, 3.05) is 60.4 Å². The fraction of sp³-hybridized carbons (Fsp3) is 1.00. The zero-order chi connectivity index (χ0) is 12.3. The summed E-state index contributed by atoms with van der Waals surface area (Å²) in [6.07, 6.45) is 2.69. The number of rotatable bonds is 3. The van der Waals surface area contributed by atoms with Crippen molar-refractivity contribution in [1.29, 1.82) is 0 Å². The molecule has 0 aromatic heterocycles. The van der Waals surface area contributed by atoms with E-state index in [9.17, 15) is 0 Å². The molecule has 100 valence electrons. The summed E-state index contributed by atoms with van der Waals surface area (Å²) in [5, 5.41) is 3.76. The average molecular weight is 240 g/mol. The molecule has 1 N–H and O–H groups in total. The monoisotopic (exact) mass is 240 g/mol. The van der Waals surface area contributed by atoms with E-state index in [-0.39, 0.29) is 0 Å². The molecule has 17 heavy (non-hydrogen) atoms. The summed E-state index contributed by atoms with van der Waals surface area (Å²) in [6, 6.07) is 1.38. The van der Waals surface area contributed by atoms with Crippen LogP contribution in [0, 0.1) is 0 Å². The fourth-order valence-electron chi connectivity index (χ4n) is 2.96. The molecule has 2 atom stereocenters. The molecule has 2 heterocycles. The number of piperazine rings is 1. The maximum Gasteiger partial charge on any atom is 0.0345 e. The first-order chi connectivity index (χ1) is 8.15. The minimum absolute atomic E-state index is 0.681. The van der Waals surface area contributed by atoms with Crippen LogP contribution >= 0.6 is 0 Å². The van der Waals surface area contributed by atoms with Gasteiger partial charge in [0.15, 0.2) is 0 Å². The van der Waals surface area contributed by atoms with Gasteiger partial charge < -0.3 is 15.1 Å². The van der Waals surface area contributed by atoms with Crippen molar-refractivity contribution in [3.05, 3.63) is 0 Å². The number of piperidine rings is 1. The first-order valence-corrected chi connectivity index (χ1v) is 6.96. The molecule has 2 unspecified atom stereocenters. The van der Waals surface area contributed by atoms with Crippen molar-refractivity contribution in [2.45, 2.75) is 24.9 Å². The lowest BCUT2D eigenvalue weighted by atomic mass is 10.1. The van der Waals surface area contributed by atoms with Crippen molar-refractivity contribution in [3.63, 3.8) is 0 Å². The fourth-order valence-corrected chi connectivity index (χ4v) is 2.96. The Bertz CT molecular complexity index is 233. The van der Waals surface area contributed by atoms with Gasteiger partial charge >= 0.3 is 0 Å². The van der Waals surface area contributed by atoms with E-state index in [4.69, 9.17) is 0 Å². The molecule has 0 aliphatic carbocycles. The summed E-state index contributed by atoms with van der Waals surface area (Å²) in [6.45, 7) is 7.23. The lowest BCUT2D eigenvalue weighted by Crippen LogP contribution is -2.56. The zero-order valence-corrected chi connectivity index (χ0v) is 11.7. The van der Waals surface area contributed by atoms with Gasteiger partial charge in [-0.1, -0.05) is 0 Å². The first-order valence-electron chi connectivity index (χ1n) is 6.96. The third kappa shape index (κ3) is 3.91. The number of hydrogen-bond donors (Lipinski definition) is 1. The molecule has 2 fully saturated rings. The van der Waals surface area contributed by atoms with Gasteiger partial charge in [0, 0.05) is 44.8 Å². The molecule has 2 aliphatic heterocycles. The largest absolute Gasteiger partial charge is 0.311 e. The molecule has 4 nitrogen and oxygen atoms in total. The predicted octanol–water partition coefficient (Wildman–Crippen LogP) is -0.0840. The molecule has 0 amide bonds. The van der Waals surface area contributed by atoms with Crippen LogP contribution in [0.5, 0.6) is 0 Å². The van der Waals surface area contributed by atoms with Gasteiger partial charge in [0.05, 0.1) is 0 Å². The first kappa shape index (κ1) is 13.3. The maximum absolute atomic E-state index is 3.76. The summed E-state index contributed by atoms with van der Waals surface area (Å²) in [5.74, 6) is 0. The molecule has 4 heteroatoms. The lowest BCUT2D eigenvalue weighted by Gasteiger charge is -2.39. The van der Waals surface area contributed by atoms with Crippen molar-refractivity contribution in [2.24, 2.45) is 0 Å². The van der Waals surface area contributed by atoms with Gasteiger partial charge in [0.1, 0.15) is 0 Å². The van der Waals surface area contributed by atoms with Gasteiger partial charge in [-0.2, -0.15) is 0 Å². The minimum atomic E-state index is 0.681. The highest BCUT2D eigenvalue weighted by Gasteiger charge is 2.23. The Hall–Kier alpha value is -0.160. The van der Waals surface area contributed by atoms with Crippen LogP contribution in [0.1, 0.15) is 12.8 Å². The normalized spacial score (nSPS) is 34.1. The maximum atomic E-state index is 3.76. The van der Waals surface area contributed by atoms with Gasteiger partial charge in [-0.05, 0) is 40.5 Å². The van der Waals surface area contributed by atoms with Crippen LogP contribution in [-0.2, 0) is 0 Å². The predicted molar refractivity (Wildman–Crippen MR) is 72.4 cm³/mol. The topological polar surface area (TPSA) is 21.8 Å². The van der Waals surface area contributed by atoms with Gasteiger partial charge in [0.2, 0.25) is 0 Å². The van der Waals surface area contributed by atoms with E-state index >= 15 is 0 Å². The van der Waals surface area contributed by atoms with Crippen LogP contribution in [0.3, 0.4) is 0 Å². The Morgan fingerprint density at radius 2 is 1.76 bits per heavy atom. The van der Waals surface area contributed by atoms with E-state index < -0.39 is 0 Å². The van der Waals surface area contributed by atoms with Crippen molar-refractivity contribution in [1.82, 2.24) is 20.0 Å². The van der Waals surface area contributed by atoms with Crippen molar-refractivity contribution in [3.8, 4) is 0 Å². The number of nitrogens with one attached hydrogen (secondary N) is 1. The second kappa shape index (κ2) is 6.14. The van der Waals surface area contributed by atoms with E-state index in [1.807, 2.05) is 0 Å². The zero-order valence-electron chi connectivity index (χ0n) is 11.7. The Labute approximate surface area is 106 Å². The molecule has 2 saturated heterocycles. The summed E-state index contributed by atoms with van der Waals surface area (Å²) in [7, 11) is 6.72. The third-order valence-corrected chi connectivity index (χ3v) is 4.25. The van der Waals surface area contributed by atoms with Crippen LogP contribution in [0.2, 0.25) is 0 Å². The van der Waals surface area contributed by atoms with E-state index in [0.29, 0.717) is 12.1 Å². The highest BCUT2D eigenvalue weighted by Crippen LogP contribution is 2.09. The Kier molecular flexibility index (Phi) is 4.79. The molecule has 0 bridgehead atoms. The van der Waals surface area contributed by atoms with Gasteiger partial charge in [-0.3, -0.25) is 4.90 Å². The number of nitrogens with zero attached hydrogens (tertiary/aromatic N) is 3. The Balaban J connectivity index is 1.72. The highest BCUT2D eigenvalue weighted by atomic mass is 15.3. The van der Waals surface area contributed by atoms with Crippen molar-refractivity contribution >= 4 is 0 Å². The molecule has 2 aliphatic rings. The molecule has 0 aromatic carbocycles. The highest BCUT2D eigenvalue weighted by molar-refractivity contribution is 4.83. The lowest BCUT2D eigenvalue weighted by molar-refractivity contribution is 0.107. The molecule has 0 aromatic rings. The summed E-state index contributed by atoms with van der Waals surface area (Å²) < 4.78 is 0. The van der Waals surface area contributed by atoms with Crippen LogP contribution < -0.4 is 5.32 Å². The Morgan fingerprint density at radius 1 is 1.00 bits per heavy atom. The van der Waals surface area contributed by atoms with Crippen molar-refractivity contribution < 1.29 is 0 Å². The van der Waals surface area contributed by atoms with Crippen LogP contribution in [-0.4, -0.2) is 87.2 Å². The van der Waals surface area contributed by atoms with E-state index in [2.05, 4.69) is 41.2 Å². The second-order valence-corrected chi connectivity index (χ2v) is 5.91. The molecular weight excluding hydrogens is 212 g/mol. The summed E-state index contributed by atoms with van der Waals surface area (Å²) in [4.78, 5) is 7.39. The third-order valence-electron chi connectivity index (χ3n) is 4.25. The van der Waals surface area contributed by atoms with Gasteiger partial charge in [0.25, 0.3) is 0 Å². The second-order valence-electron chi connectivity index (χ2n) is 5.91. The molecule has 0 spiro atoms. The SMILES string of the molecule is CN1CCCC(NCC2CN(C)CCN2C)C1. The number of hydrogen-bond acceptors (Lipinski definition) is 4. The van der Waals surface area contributed by atoms with Gasteiger partial charge in [-0.25, -0.2) is 0 Å². The van der Waals surface area contributed by atoms with Gasteiger partial charge in [-0.15, -0.1) is 0 Å². The molecular formula is C13H28N4. The van der Waals surface area contributed by atoms with Crippen LogP contribution in [0.25, 0.3) is 0 Å². The van der Waals surface area contributed by atoms with Crippen LogP contribution in [0.4, 0.5) is 0 Å². The quantitative estimate of drug-likeness (QED) is 0.744. The summed E-state index contributed by atoms with van der Waals surface area (Å²) in [5.41, 5.74) is 0. The Morgan fingerprint density at radius 3 is 2.53 bits per heavy atom. The minimum Gasteiger partial charge on any atom is -0.311 e.